The molecular formula is C8H13BrN4O. The van der Waals surface area contributed by atoms with Crippen LogP contribution in [0, 0.1) is 0 Å². The largest absolute Gasteiger partial charge is 0.393 e. The highest BCUT2D eigenvalue weighted by atomic mass is 79.9. The van der Waals surface area contributed by atoms with Crippen molar-refractivity contribution in [3.05, 3.63) is 10.8 Å². The lowest BCUT2D eigenvalue weighted by atomic mass is 10.3. The van der Waals surface area contributed by atoms with Crippen molar-refractivity contribution in [1.82, 2.24) is 9.97 Å². The van der Waals surface area contributed by atoms with E-state index in [1.807, 2.05) is 0 Å². The molecule has 1 atom stereocenters. The summed E-state index contributed by atoms with van der Waals surface area (Å²) in [6.07, 6.45) is 1.74. The summed E-state index contributed by atoms with van der Waals surface area (Å²) in [5, 5.41) is 12.1. The summed E-state index contributed by atoms with van der Waals surface area (Å²) in [4.78, 5) is 7.82. The van der Waals surface area contributed by atoms with Crippen molar-refractivity contribution in [3.63, 3.8) is 0 Å². The molecule has 5 nitrogen and oxygen atoms in total. The fourth-order valence-corrected chi connectivity index (χ4v) is 1.25. The molecule has 0 saturated heterocycles. The number of aliphatic hydroxyl groups excluding tert-OH is 1. The molecule has 4 N–H and O–H groups in total. The van der Waals surface area contributed by atoms with Crippen molar-refractivity contribution in [3.8, 4) is 0 Å². The lowest BCUT2D eigenvalue weighted by molar-refractivity contribution is 0.188. The minimum Gasteiger partial charge on any atom is -0.393 e. The molecule has 0 aliphatic heterocycles. The first-order chi connectivity index (χ1) is 6.61. The first-order valence-electron chi connectivity index (χ1n) is 4.29. The molecule has 1 aromatic rings. The van der Waals surface area contributed by atoms with Crippen LogP contribution in [0.5, 0.6) is 0 Å². The molecule has 6 heteroatoms. The van der Waals surface area contributed by atoms with Gasteiger partial charge in [-0.3, -0.25) is 0 Å². The summed E-state index contributed by atoms with van der Waals surface area (Å²) in [7, 11) is 0. The molecule has 1 rings (SSSR count). The predicted molar refractivity (Wildman–Crippen MR) is 58.9 cm³/mol. The van der Waals surface area contributed by atoms with Gasteiger partial charge in [0.1, 0.15) is 22.4 Å². The van der Waals surface area contributed by atoms with Crippen molar-refractivity contribution in [2.45, 2.75) is 19.4 Å². The van der Waals surface area contributed by atoms with Gasteiger partial charge in [-0.25, -0.2) is 9.97 Å². The van der Waals surface area contributed by atoms with Crippen LogP contribution in [0.25, 0.3) is 0 Å². The van der Waals surface area contributed by atoms with Crippen molar-refractivity contribution in [2.75, 3.05) is 17.6 Å². The van der Waals surface area contributed by atoms with Crippen LogP contribution in [-0.4, -0.2) is 27.7 Å². The Morgan fingerprint density at radius 3 is 3.00 bits per heavy atom. The average molecular weight is 261 g/mol. The summed E-state index contributed by atoms with van der Waals surface area (Å²) in [6, 6.07) is 0. The monoisotopic (exact) mass is 260 g/mol. The number of nitrogen functional groups attached to an aromatic ring is 1. The SMILES string of the molecule is CC(O)CCNc1ncnc(N)c1Br. The molecule has 0 saturated carbocycles. The van der Waals surface area contributed by atoms with Gasteiger partial charge in [-0.1, -0.05) is 0 Å². The van der Waals surface area contributed by atoms with Gasteiger partial charge in [-0.05, 0) is 29.3 Å². The third-order valence-corrected chi connectivity index (χ3v) is 2.45. The van der Waals surface area contributed by atoms with Crippen molar-refractivity contribution >= 4 is 27.6 Å². The minimum absolute atomic E-state index is 0.319. The van der Waals surface area contributed by atoms with E-state index in [-0.39, 0.29) is 6.10 Å². The Kier molecular flexibility index (Phi) is 4.09. The maximum Gasteiger partial charge on any atom is 0.145 e. The Balaban J connectivity index is 2.54. The minimum atomic E-state index is -0.319. The van der Waals surface area contributed by atoms with Gasteiger partial charge in [0.05, 0.1) is 6.10 Å². The number of nitrogens with two attached hydrogens (primary N) is 1. The summed E-state index contributed by atoms with van der Waals surface area (Å²) in [5.74, 6) is 1.05. The molecule has 0 aliphatic carbocycles. The van der Waals surface area contributed by atoms with E-state index in [0.717, 1.165) is 0 Å². The van der Waals surface area contributed by atoms with Crippen LogP contribution in [-0.2, 0) is 0 Å². The molecular weight excluding hydrogens is 248 g/mol. The first-order valence-corrected chi connectivity index (χ1v) is 5.08. The Morgan fingerprint density at radius 2 is 2.36 bits per heavy atom. The maximum atomic E-state index is 9.05. The number of aromatic nitrogens is 2. The lowest BCUT2D eigenvalue weighted by Crippen LogP contribution is -2.11. The molecule has 1 heterocycles. The fraction of sp³-hybridized carbons (Fsp3) is 0.500. The molecule has 0 fully saturated rings. The summed E-state index contributed by atoms with van der Waals surface area (Å²) >= 11 is 3.27. The smallest absolute Gasteiger partial charge is 0.145 e. The molecule has 0 spiro atoms. The van der Waals surface area contributed by atoms with E-state index in [0.29, 0.717) is 29.1 Å². The van der Waals surface area contributed by atoms with E-state index in [9.17, 15) is 0 Å². The standard InChI is InChI=1S/C8H13BrN4O/c1-5(14)2-3-11-8-6(9)7(10)12-4-13-8/h4-5,14H,2-3H2,1H3,(H3,10,11,12,13). The second-order valence-corrected chi connectivity index (χ2v) is 3.78. The second-order valence-electron chi connectivity index (χ2n) is 2.99. The number of halogens is 1. The number of nitrogens with zero attached hydrogens (tertiary/aromatic N) is 2. The highest BCUT2D eigenvalue weighted by Gasteiger charge is 2.05. The van der Waals surface area contributed by atoms with Gasteiger partial charge in [0.2, 0.25) is 0 Å². The third kappa shape index (κ3) is 3.12. The Labute approximate surface area is 90.9 Å². The predicted octanol–water partition coefficient (Wildman–Crippen LogP) is 1.00. The molecule has 0 radical (unpaired) electrons. The average Bonchev–Trinajstić information content (AvgIpc) is 2.12. The molecule has 1 aromatic heterocycles. The first kappa shape index (κ1) is 11.2. The van der Waals surface area contributed by atoms with Crippen molar-refractivity contribution in [1.29, 1.82) is 0 Å². The third-order valence-electron chi connectivity index (χ3n) is 1.67. The number of nitrogens with one attached hydrogen (secondary N) is 1. The van der Waals surface area contributed by atoms with E-state index >= 15 is 0 Å². The molecule has 0 aliphatic rings. The number of anilines is 2. The van der Waals surface area contributed by atoms with Crippen LogP contribution in [0.15, 0.2) is 10.8 Å². The number of aliphatic hydroxyl groups is 1. The number of rotatable bonds is 4. The molecule has 0 bridgehead atoms. The Bertz CT molecular complexity index is 305. The Morgan fingerprint density at radius 1 is 1.64 bits per heavy atom. The van der Waals surface area contributed by atoms with E-state index in [1.165, 1.54) is 6.33 Å². The van der Waals surface area contributed by atoms with E-state index < -0.39 is 0 Å². The topological polar surface area (TPSA) is 84.1 Å². The van der Waals surface area contributed by atoms with Gasteiger partial charge in [-0.15, -0.1) is 0 Å². The normalized spacial score (nSPS) is 12.5. The lowest BCUT2D eigenvalue weighted by Gasteiger charge is -2.08. The summed E-state index contributed by atoms with van der Waals surface area (Å²) in [6.45, 7) is 2.39. The van der Waals surface area contributed by atoms with Crippen LogP contribution in [0.2, 0.25) is 0 Å². The van der Waals surface area contributed by atoms with Gasteiger partial charge >= 0.3 is 0 Å². The van der Waals surface area contributed by atoms with Gasteiger partial charge in [0.15, 0.2) is 0 Å². The molecule has 0 aromatic carbocycles. The Hall–Kier alpha value is -0.880. The highest BCUT2D eigenvalue weighted by molar-refractivity contribution is 9.10. The van der Waals surface area contributed by atoms with Crippen LogP contribution in [0.1, 0.15) is 13.3 Å². The zero-order valence-corrected chi connectivity index (χ0v) is 9.45. The van der Waals surface area contributed by atoms with Crippen molar-refractivity contribution in [2.24, 2.45) is 0 Å². The number of hydrogen-bond donors (Lipinski definition) is 3. The van der Waals surface area contributed by atoms with Crippen LogP contribution in [0.3, 0.4) is 0 Å². The van der Waals surface area contributed by atoms with Crippen LogP contribution < -0.4 is 11.1 Å². The highest BCUT2D eigenvalue weighted by Crippen LogP contribution is 2.23. The van der Waals surface area contributed by atoms with E-state index in [1.54, 1.807) is 6.92 Å². The quantitative estimate of drug-likeness (QED) is 0.753. The van der Waals surface area contributed by atoms with Crippen molar-refractivity contribution < 1.29 is 5.11 Å². The number of hydrogen-bond acceptors (Lipinski definition) is 5. The van der Waals surface area contributed by atoms with Gasteiger partial charge < -0.3 is 16.2 Å². The van der Waals surface area contributed by atoms with E-state index in [4.69, 9.17) is 10.8 Å². The molecule has 0 amide bonds. The van der Waals surface area contributed by atoms with Crippen LogP contribution >= 0.6 is 15.9 Å². The second kappa shape index (κ2) is 5.11. The summed E-state index contributed by atoms with van der Waals surface area (Å²) < 4.78 is 0.658. The van der Waals surface area contributed by atoms with Gasteiger partial charge in [-0.2, -0.15) is 0 Å². The van der Waals surface area contributed by atoms with Gasteiger partial charge in [0, 0.05) is 6.54 Å². The summed E-state index contributed by atoms with van der Waals surface area (Å²) in [5.41, 5.74) is 5.56. The zero-order valence-electron chi connectivity index (χ0n) is 7.87. The molecule has 78 valence electrons. The fourth-order valence-electron chi connectivity index (χ4n) is 0.906. The van der Waals surface area contributed by atoms with E-state index in [2.05, 4.69) is 31.2 Å². The van der Waals surface area contributed by atoms with Crippen LogP contribution in [0.4, 0.5) is 11.6 Å². The molecule has 14 heavy (non-hydrogen) atoms. The molecule has 1 unspecified atom stereocenters. The van der Waals surface area contributed by atoms with Gasteiger partial charge in [0.25, 0.3) is 0 Å². The maximum absolute atomic E-state index is 9.05. The zero-order chi connectivity index (χ0) is 10.6.